The van der Waals surface area contributed by atoms with Crippen LogP contribution in [0.1, 0.15) is 25.8 Å². The van der Waals surface area contributed by atoms with Crippen LogP contribution in [0.3, 0.4) is 0 Å². The fraction of sp³-hybridized carbons (Fsp3) is 0.273. The van der Waals surface area contributed by atoms with E-state index in [0.29, 0.717) is 21.4 Å². The van der Waals surface area contributed by atoms with Crippen molar-refractivity contribution in [3.8, 4) is 11.5 Å². The number of carbonyl (C=O) groups excluding carboxylic acids is 2. The molecule has 2 aromatic carbocycles. The van der Waals surface area contributed by atoms with Gasteiger partial charge in [0.05, 0.1) is 22.6 Å². The first-order valence-electron chi connectivity index (χ1n) is 9.38. The maximum absolute atomic E-state index is 12.7. The maximum atomic E-state index is 12.7. The fourth-order valence-corrected chi connectivity index (χ4v) is 3.70. The van der Waals surface area contributed by atoms with Crippen LogP contribution < -0.4 is 9.47 Å². The Kier molecular flexibility index (Phi) is 7.23. The molecule has 1 atom stereocenters. The number of rotatable bonds is 8. The van der Waals surface area contributed by atoms with Gasteiger partial charge in [0.25, 0.3) is 11.1 Å². The van der Waals surface area contributed by atoms with E-state index >= 15 is 0 Å². The Labute approximate surface area is 179 Å². The minimum Gasteiger partial charge on any atom is -0.490 e. The Morgan fingerprint density at radius 1 is 1.10 bits per heavy atom. The first kappa shape index (κ1) is 21.3. The highest BCUT2D eigenvalue weighted by Gasteiger charge is 2.35. The molecule has 0 N–H and O–H groups in total. The molecule has 7 heteroatoms. The van der Waals surface area contributed by atoms with Crippen LogP contribution in [-0.4, -0.2) is 35.3 Å². The highest BCUT2D eigenvalue weighted by molar-refractivity contribution is 8.18. The van der Waals surface area contributed by atoms with Gasteiger partial charge in [-0.2, -0.15) is 0 Å². The summed E-state index contributed by atoms with van der Waals surface area (Å²) >= 11 is 6.97. The van der Waals surface area contributed by atoms with E-state index in [4.69, 9.17) is 21.1 Å². The van der Waals surface area contributed by atoms with Crippen molar-refractivity contribution in [1.29, 1.82) is 0 Å². The molecule has 0 aromatic heterocycles. The monoisotopic (exact) mass is 431 g/mol. The fourth-order valence-electron chi connectivity index (χ4n) is 2.65. The lowest BCUT2D eigenvalue weighted by Crippen LogP contribution is -2.32. The molecule has 0 spiro atoms. The number of imide groups is 1. The average molecular weight is 432 g/mol. The lowest BCUT2D eigenvalue weighted by molar-refractivity contribution is -0.123. The number of carbonyl (C=O) groups is 2. The van der Waals surface area contributed by atoms with Crippen molar-refractivity contribution in [2.24, 2.45) is 0 Å². The van der Waals surface area contributed by atoms with Gasteiger partial charge in [-0.3, -0.25) is 14.5 Å². The van der Waals surface area contributed by atoms with Gasteiger partial charge in [0.1, 0.15) is 18.1 Å². The van der Waals surface area contributed by atoms with E-state index in [2.05, 4.69) is 0 Å². The molecule has 5 nitrogen and oxygen atoms in total. The molecule has 1 aliphatic heterocycles. The molecule has 2 amide bonds. The lowest BCUT2D eigenvalue weighted by Gasteiger charge is -2.15. The molecule has 1 heterocycles. The number of halogens is 1. The number of nitrogens with zero attached hydrogens (tertiary/aromatic N) is 1. The summed E-state index contributed by atoms with van der Waals surface area (Å²) in [5.74, 6) is 0.879. The van der Waals surface area contributed by atoms with Gasteiger partial charge in [-0.1, -0.05) is 48.9 Å². The smallest absolute Gasteiger partial charge is 0.293 e. The van der Waals surface area contributed by atoms with Gasteiger partial charge in [-0.15, -0.1) is 0 Å². The Morgan fingerprint density at radius 3 is 2.52 bits per heavy atom. The van der Waals surface area contributed by atoms with Gasteiger partial charge in [0.15, 0.2) is 0 Å². The molecule has 3 rings (SSSR count). The van der Waals surface area contributed by atoms with Crippen molar-refractivity contribution in [3.05, 3.63) is 64.0 Å². The standard InChI is InChI=1S/C22H22ClNO4S/c1-3-15(2)28-18-10-6-4-8-16(18)14-20-21(25)24(22(26)29-20)12-13-27-19-11-7-5-9-17(19)23/h4-11,14-15H,3,12-13H2,1-2H3/b20-14-. The number of hydrogen-bond donors (Lipinski definition) is 0. The van der Waals surface area contributed by atoms with Crippen molar-refractivity contribution < 1.29 is 19.1 Å². The largest absolute Gasteiger partial charge is 0.490 e. The number of hydrogen-bond acceptors (Lipinski definition) is 5. The van der Waals surface area contributed by atoms with Crippen molar-refractivity contribution in [1.82, 2.24) is 4.90 Å². The SMILES string of the molecule is CCC(C)Oc1ccccc1/C=C1\SC(=O)N(CCOc2ccccc2Cl)C1=O. The number of benzene rings is 2. The van der Waals surface area contributed by atoms with Crippen LogP contribution in [-0.2, 0) is 4.79 Å². The van der Waals surface area contributed by atoms with E-state index < -0.39 is 0 Å². The minimum absolute atomic E-state index is 0.0570. The average Bonchev–Trinajstić information content (AvgIpc) is 2.98. The Bertz CT molecular complexity index is 931. The summed E-state index contributed by atoms with van der Waals surface area (Å²) in [5.41, 5.74) is 0.769. The number of amides is 2. The molecular weight excluding hydrogens is 410 g/mol. The van der Waals surface area contributed by atoms with Crippen LogP contribution in [0.4, 0.5) is 4.79 Å². The molecule has 2 aromatic rings. The van der Waals surface area contributed by atoms with Crippen molar-refractivity contribution in [3.63, 3.8) is 0 Å². The highest BCUT2D eigenvalue weighted by Crippen LogP contribution is 2.34. The summed E-state index contributed by atoms with van der Waals surface area (Å²) in [4.78, 5) is 26.6. The zero-order chi connectivity index (χ0) is 20.8. The summed E-state index contributed by atoms with van der Waals surface area (Å²) in [6.45, 7) is 4.36. The molecule has 0 bridgehead atoms. The molecule has 0 radical (unpaired) electrons. The van der Waals surface area contributed by atoms with Gasteiger partial charge >= 0.3 is 0 Å². The molecule has 1 aliphatic rings. The van der Waals surface area contributed by atoms with Crippen LogP contribution >= 0.6 is 23.4 Å². The van der Waals surface area contributed by atoms with Gasteiger partial charge < -0.3 is 9.47 Å². The third-order valence-electron chi connectivity index (χ3n) is 4.39. The Balaban J connectivity index is 1.68. The quantitative estimate of drug-likeness (QED) is 0.507. The predicted octanol–water partition coefficient (Wildman–Crippen LogP) is 5.63. The molecule has 29 heavy (non-hydrogen) atoms. The van der Waals surface area contributed by atoms with Crippen LogP contribution in [0.25, 0.3) is 6.08 Å². The second-order valence-electron chi connectivity index (χ2n) is 6.49. The topological polar surface area (TPSA) is 55.8 Å². The van der Waals surface area contributed by atoms with E-state index in [1.807, 2.05) is 44.2 Å². The number of thioether (sulfide) groups is 1. The molecule has 152 valence electrons. The van der Waals surface area contributed by atoms with Crippen molar-refractivity contribution >= 4 is 40.6 Å². The second-order valence-corrected chi connectivity index (χ2v) is 7.89. The first-order chi connectivity index (χ1) is 14.0. The highest BCUT2D eigenvalue weighted by atomic mass is 35.5. The van der Waals surface area contributed by atoms with E-state index in [9.17, 15) is 9.59 Å². The van der Waals surface area contributed by atoms with E-state index in [1.165, 1.54) is 4.90 Å². The van der Waals surface area contributed by atoms with Gasteiger partial charge in [-0.05, 0) is 49.4 Å². The van der Waals surface area contributed by atoms with E-state index in [1.54, 1.807) is 24.3 Å². The van der Waals surface area contributed by atoms with E-state index in [0.717, 1.165) is 23.7 Å². The van der Waals surface area contributed by atoms with Crippen LogP contribution in [0.5, 0.6) is 11.5 Å². The molecular formula is C22H22ClNO4S. The predicted molar refractivity (Wildman–Crippen MR) is 116 cm³/mol. The Morgan fingerprint density at radius 2 is 1.79 bits per heavy atom. The van der Waals surface area contributed by atoms with Gasteiger partial charge in [0, 0.05) is 5.56 Å². The summed E-state index contributed by atoms with van der Waals surface area (Å²) in [5, 5.41) is 0.170. The molecule has 1 fully saturated rings. The van der Waals surface area contributed by atoms with Crippen molar-refractivity contribution in [2.45, 2.75) is 26.4 Å². The van der Waals surface area contributed by atoms with E-state index in [-0.39, 0.29) is 30.4 Å². The normalized spacial score (nSPS) is 16.4. The summed E-state index contributed by atoms with van der Waals surface area (Å²) in [7, 11) is 0. The summed E-state index contributed by atoms with van der Waals surface area (Å²) in [6, 6.07) is 14.6. The molecule has 1 saturated heterocycles. The Hall–Kier alpha value is -2.44. The van der Waals surface area contributed by atoms with Crippen molar-refractivity contribution in [2.75, 3.05) is 13.2 Å². The molecule has 0 saturated carbocycles. The lowest BCUT2D eigenvalue weighted by atomic mass is 10.1. The van der Waals surface area contributed by atoms with Crippen LogP contribution in [0, 0.1) is 0 Å². The summed E-state index contributed by atoms with van der Waals surface area (Å²) < 4.78 is 11.5. The number of para-hydroxylation sites is 2. The summed E-state index contributed by atoms with van der Waals surface area (Å²) in [6.07, 6.45) is 2.63. The maximum Gasteiger partial charge on any atom is 0.293 e. The zero-order valence-corrected chi connectivity index (χ0v) is 17.8. The number of ether oxygens (including phenoxy) is 2. The zero-order valence-electron chi connectivity index (χ0n) is 16.3. The molecule has 0 aliphatic carbocycles. The van der Waals surface area contributed by atoms with Crippen LogP contribution in [0.15, 0.2) is 53.4 Å². The van der Waals surface area contributed by atoms with Gasteiger partial charge in [-0.25, -0.2) is 0 Å². The van der Waals surface area contributed by atoms with Crippen LogP contribution in [0.2, 0.25) is 5.02 Å². The van der Waals surface area contributed by atoms with Gasteiger partial charge in [0.2, 0.25) is 0 Å². The second kappa shape index (κ2) is 9.85. The minimum atomic E-state index is -0.332. The third kappa shape index (κ3) is 5.34. The third-order valence-corrected chi connectivity index (χ3v) is 5.61. The molecule has 1 unspecified atom stereocenters. The first-order valence-corrected chi connectivity index (χ1v) is 10.6.